The lowest BCUT2D eigenvalue weighted by Gasteiger charge is -2.35. The summed E-state index contributed by atoms with van der Waals surface area (Å²) in [4.78, 5) is 28.6. The number of aliphatic hydroxyl groups is 1. The van der Waals surface area contributed by atoms with Crippen molar-refractivity contribution in [3.8, 4) is 11.1 Å². The van der Waals surface area contributed by atoms with E-state index in [-0.39, 0.29) is 18.0 Å². The molecule has 7 heteroatoms. The van der Waals surface area contributed by atoms with Crippen molar-refractivity contribution in [3.05, 3.63) is 48.0 Å². The minimum atomic E-state index is -1.14. The van der Waals surface area contributed by atoms with Crippen LogP contribution < -0.4 is 10.6 Å². The first-order chi connectivity index (χ1) is 14.4. The van der Waals surface area contributed by atoms with Gasteiger partial charge >= 0.3 is 0 Å². The summed E-state index contributed by atoms with van der Waals surface area (Å²) in [5.41, 5.74) is 3.86. The third kappa shape index (κ3) is 3.39. The molecule has 1 unspecified atom stereocenters. The lowest BCUT2D eigenvalue weighted by molar-refractivity contribution is -0.143. The molecule has 1 saturated heterocycles. The quantitative estimate of drug-likeness (QED) is 0.729. The van der Waals surface area contributed by atoms with E-state index in [0.717, 1.165) is 22.5 Å². The molecule has 2 aliphatic heterocycles. The maximum Gasteiger partial charge on any atom is 0.254 e. The number of fused-ring (bicyclic) bond motifs is 1. The topological polar surface area (TPSA) is 84.9 Å². The molecule has 1 atom stereocenters. The van der Waals surface area contributed by atoms with Crippen molar-refractivity contribution in [2.45, 2.75) is 31.5 Å². The van der Waals surface area contributed by atoms with E-state index in [1.54, 1.807) is 9.80 Å². The van der Waals surface area contributed by atoms with Gasteiger partial charge in [0.1, 0.15) is 5.60 Å². The number of anilines is 2. The minimum Gasteiger partial charge on any atom is -0.380 e. The van der Waals surface area contributed by atoms with Crippen molar-refractivity contribution in [2.75, 3.05) is 36.8 Å². The van der Waals surface area contributed by atoms with E-state index in [0.29, 0.717) is 44.6 Å². The molecular weight excluding hydrogens is 380 g/mol. The largest absolute Gasteiger partial charge is 0.380 e. The number of hydrogen-bond acceptors (Lipinski definition) is 5. The third-order valence-electron chi connectivity index (χ3n) is 6.20. The number of carbonyl (C=O) groups is 2. The Hall–Kier alpha value is -3.06. The summed E-state index contributed by atoms with van der Waals surface area (Å²) in [7, 11) is 0. The van der Waals surface area contributed by atoms with Crippen molar-refractivity contribution >= 4 is 23.2 Å². The second-order valence-electron chi connectivity index (χ2n) is 8.46. The highest BCUT2D eigenvalue weighted by atomic mass is 16.3. The van der Waals surface area contributed by atoms with Crippen molar-refractivity contribution in [1.29, 1.82) is 0 Å². The molecule has 156 valence electrons. The van der Waals surface area contributed by atoms with Gasteiger partial charge in [-0.15, -0.1) is 0 Å². The Morgan fingerprint density at radius 3 is 2.17 bits per heavy atom. The normalized spacial score (nSPS) is 21.5. The van der Waals surface area contributed by atoms with Gasteiger partial charge in [-0.3, -0.25) is 9.59 Å². The lowest BCUT2D eigenvalue weighted by atomic mass is 10.0. The van der Waals surface area contributed by atoms with Crippen LogP contribution in [0.25, 0.3) is 11.1 Å². The predicted molar refractivity (Wildman–Crippen MR) is 115 cm³/mol. The molecule has 1 saturated carbocycles. The van der Waals surface area contributed by atoms with Gasteiger partial charge in [-0.25, -0.2) is 0 Å². The van der Waals surface area contributed by atoms with Gasteiger partial charge in [0, 0.05) is 31.7 Å². The van der Waals surface area contributed by atoms with Crippen LogP contribution in [0.2, 0.25) is 0 Å². The maximum atomic E-state index is 12.9. The first kappa shape index (κ1) is 18.9. The summed E-state index contributed by atoms with van der Waals surface area (Å²) >= 11 is 0. The fraction of sp³-hybridized carbons (Fsp3) is 0.391. The van der Waals surface area contributed by atoms with Gasteiger partial charge in [-0.1, -0.05) is 18.2 Å². The number of piperazine rings is 1. The Morgan fingerprint density at radius 1 is 0.900 bits per heavy atom. The van der Waals surface area contributed by atoms with E-state index in [4.69, 9.17) is 0 Å². The standard InChI is InChI=1S/C23H26N4O3/c1-15-24-19-7-6-18(14-20(19)25-15)16-2-4-17(5-3-16)21(28)26-10-12-27(13-11-26)22(29)23(30)8-9-23/h2-7,14-15,24-25,30H,8-13H2,1H3. The van der Waals surface area contributed by atoms with E-state index in [2.05, 4.69) is 35.8 Å². The van der Waals surface area contributed by atoms with Gasteiger partial charge in [-0.2, -0.15) is 0 Å². The summed E-state index contributed by atoms with van der Waals surface area (Å²) in [6.07, 6.45) is 1.32. The number of carbonyl (C=O) groups excluding carboxylic acids is 2. The van der Waals surface area contributed by atoms with E-state index < -0.39 is 5.60 Å². The molecule has 2 aromatic rings. The molecule has 2 fully saturated rings. The lowest BCUT2D eigenvalue weighted by Crippen LogP contribution is -2.53. The van der Waals surface area contributed by atoms with Crippen LogP contribution in [-0.4, -0.2) is 64.7 Å². The van der Waals surface area contributed by atoms with E-state index >= 15 is 0 Å². The van der Waals surface area contributed by atoms with Gasteiger partial charge in [0.05, 0.1) is 17.5 Å². The van der Waals surface area contributed by atoms with Crippen LogP contribution in [0, 0.1) is 0 Å². The molecule has 3 N–H and O–H groups in total. The molecule has 7 nitrogen and oxygen atoms in total. The fourth-order valence-electron chi connectivity index (χ4n) is 4.20. The molecule has 0 spiro atoms. The summed E-state index contributed by atoms with van der Waals surface area (Å²) in [6.45, 7) is 4.00. The van der Waals surface area contributed by atoms with Crippen LogP contribution in [0.1, 0.15) is 30.1 Å². The Kier molecular flexibility index (Phi) is 4.43. The first-order valence-corrected chi connectivity index (χ1v) is 10.5. The summed E-state index contributed by atoms with van der Waals surface area (Å²) in [5, 5.41) is 16.8. The van der Waals surface area contributed by atoms with Crippen molar-refractivity contribution in [1.82, 2.24) is 9.80 Å². The summed E-state index contributed by atoms with van der Waals surface area (Å²) in [6, 6.07) is 13.9. The fourth-order valence-corrected chi connectivity index (χ4v) is 4.20. The van der Waals surface area contributed by atoms with Crippen molar-refractivity contribution < 1.29 is 14.7 Å². The molecule has 0 aromatic heterocycles. The van der Waals surface area contributed by atoms with Crippen molar-refractivity contribution in [2.24, 2.45) is 0 Å². The smallest absolute Gasteiger partial charge is 0.254 e. The number of hydrogen-bond donors (Lipinski definition) is 3. The van der Waals surface area contributed by atoms with Crippen LogP contribution in [0.5, 0.6) is 0 Å². The van der Waals surface area contributed by atoms with Gasteiger partial charge in [0.2, 0.25) is 0 Å². The molecule has 1 aliphatic carbocycles. The molecule has 0 radical (unpaired) electrons. The van der Waals surface area contributed by atoms with E-state index in [9.17, 15) is 14.7 Å². The Bertz CT molecular complexity index is 992. The number of benzene rings is 2. The summed E-state index contributed by atoms with van der Waals surface area (Å²) < 4.78 is 0. The molecule has 3 aliphatic rings. The molecular formula is C23H26N4O3. The number of rotatable bonds is 3. The van der Waals surface area contributed by atoms with Gasteiger partial charge in [0.15, 0.2) is 0 Å². The van der Waals surface area contributed by atoms with Gasteiger partial charge in [0.25, 0.3) is 11.8 Å². The van der Waals surface area contributed by atoms with Crippen molar-refractivity contribution in [3.63, 3.8) is 0 Å². The van der Waals surface area contributed by atoms with Crippen LogP contribution in [0.4, 0.5) is 11.4 Å². The minimum absolute atomic E-state index is 0.0209. The van der Waals surface area contributed by atoms with Crippen LogP contribution in [-0.2, 0) is 4.79 Å². The zero-order chi connectivity index (χ0) is 20.9. The monoisotopic (exact) mass is 406 g/mol. The second kappa shape index (κ2) is 7.02. The van der Waals surface area contributed by atoms with Crippen LogP contribution in [0.15, 0.2) is 42.5 Å². The molecule has 30 heavy (non-hydrogen) atoms. The maximum absolute atomic E-state index is 12.9. The van der Waals surface area contributed by atoms with Crippen LogP contribution in [0.3, 0.4) is 0 Å². The molecule has 0 bridgehead atoms. The SMILES string of the molecule is CC1Nc2ccc(-c3ccc(C(=O)N4CCN(C(=O)C5(O)CC5)CC4)cc3)cc2N1. The number of amides is 2. The molecule has 2 heterocycles. The number of nitrogens with one attached hydrogen (secondary N) is 2. The molecule has 5 rings (SSSR count). The van der Waals surface area contributed by atoms with Gasteiger partial charge < -0.3 is 25.5 Å². The predicted octanol–water partition coefficient (Wildman–Crippen LogP) is 2.35. The first-order valence-electron chi connectivity index (χ1n) is 10.5. The van der Waals surface area contributed by atoms with Crippen LogP contribution >= 0.6 is 0 Å². The average molecular weight is 406 g/mol. The van der Waals surface area contributed by atoms with E-state index in [1.807, 2.05) is 24.3 Å². The Labute approximate surface area is 175 Å². The third-order valence-corrected chi connectivity index (χ3v) is 6.20. The Balaban J connectivity index is 1.23. The van der Waals surface area contributed by atoms with Gasteiger partial charge in [-0.05, 0) is 55.2 Å². The average Bonchev–Trinajstić information content (AvgIpc) is 3.41. The highest BCUT2D eigenvalue weighted by molar-refractivity contribution is 5.95. The Morgan fingerprint density at radius 2 is 1.50 bits per heavy atom. The highest BCUT2D eigenvalue weighted by Crippen LogP contribution is 2.37. The number of nitrogens with zero attached hydrogens (tertiary/aromatic N) is 2. The zero-order valence-corrected chi connectivity index (χ0v) is 17.0. The highest BCUT2D eigenvalue weighted by Gasteiger charge is 2.50. The zero-order valence-electron chi connectivity index (χ0n) is 17.0. The summed E-state index contributed by atoms with van der Waals surface area (Å²) in [5.74, 6) is -0.209. The van der Waals surface area contributed by atoms with E-state index in [1.165, 1.54) is 0 Å². The molecule has 2 amide bonds. The second-order valence-corrected chi connectivity index (χ2v) is 8.46. The molecule has 2 aromatic carbocycles.